The summed E-state index contributed by atoms with van der Waals surface area (Å²) in [6, 6.07) is 6.59. The Morgan fingerprint density at radius 3 is 2.50 bits per heavy atom. The Hall–Kier alpha value is -3.67. The molecule has 2 aromatic heterocycles. The number of likely N-dealkylation sites (tertiary alicyclic amines) is 1. The molecule has 3 heterocycles. The van der Waals surface area contributed by atoms with Gasteiger partial charge < -0.3 is 9.88 Å². The topological polar surface area (TPSA) is 70.7 Å². The molecule has 1 aliphatic heterocycles. The third-order valence-electron chi connectivity index (χ3n) is 7.70. The number of aryl methyl sites for hydroxylation is 1. The summed E-state index contributed by atoms with van der Waals surface area (Å²) in [7, 11) is 0. The first-order valence-corrected chi connectivity index (χ1v) is 13.9. The molecule has 3 aromatic rings. The van der Waals surface area contributed by atoms with Crippen LogP contribution in [-0.4, -0.2) is 64.3 Å². The molecule has 0 aliphatic carbocycles. The van der Waals surface area contributed by atoms with E-state index in [0.717, 1.165) is 11.8 Å². The molecule has 1 saturated heterocycles. The summed E-state index contributed by atoms with van der Waals surface area (Å²) in [6.45, 7) is 11.0. The number of anilines is 1. The van der Waals surface area contributed by atoms with Crippen LogP contribution in [0.4, 0.5) is 27.8 Å². The number of benzene rings is 1. The summed E-state index contributed by atoms with van der Waals surface area (Å²) >= 11 is 0. The second-order valence-electron chi connectivity index (χ2n) is 10.9. The van der Waals surface area contributed by atoms with Crippen molar-refractivity contribution in [2.45, 2.75) is 58.7 Å². The van der Waals surface area contributed by atoms with Crippen molar-refractivity contribution in [3.63, 3.8) is 0 Å². The number of fused-ring (bicyclic) bond motifs is 1. The van der Waals surface area contributed by atoms with E-state index in [0.29, 0.717) is 43.1 Å². The molecule has 4 rings (SSSR count). The summed E-state index contributed by atoms with van der Waals surface area (Å²) in [5.74, 6) is 0.219. The number of alkyl halides is 3. The Morgan fingerprint density at radius 1 is 1.19 bits per heavy atom. The monoisotopic (exact) mass is 589 g/mol. The van der Waals surface area contributed by atoms with Crippen LogP contribution in [0, 0.1) is 18.7 Å². The van der Waals surface area contributed by atoms with E-state index in [4.69, 9.17) is 0 Å². The number of hydrogen-bond acceptors (Lipinski definition) is 6. The molecule has 226 valence electrons. The van der Waals surface area contributed by atoms with Gasteiger partial charge in [-0.15, -0.1) is 0 Å². The molecule has 7 nitrogen and oxygen atoms in total. The Labute approximate surface area is 242 Å². The zero-order valence-electron chi connectivity index (χ0n) is 24.2. The van der Waals surface area contributed by atoms with Gasteiger partial charge in [-0.2, -0.15) is 13.2 Å². The molecule has 1 unspecified atom stereocenters. The second-order valence-corrected chi connectivity index (χ2v) is 10.9. The van der Waals surface area contributed by atoms with Gasteiger partial charge in [-0.05, 0) is 89.0 Å². The number of nitrogens with one attached hydrogen (secondary N) is 1. The number of nitrogens with zero attached hydrogens (tertiary/aromatic N) is 6. The first-order chi connectivity index (χ1) is 19.9. The molecular weight excluding hydrogens is 553 g/mol. The van der Waals surface area contributed by atoms with Crippen LogP contribution in [0.15, 0.2) is 52.5 Å². The third-order valence-corrected chi connectivity index (χ3v) is 7.70. The van der Waals surface area contributed by atoms with Crippen molar-refractivity contribution < 1.29 is 22.0 Å². The van der Waals surface area contributed by atoms with Crippen molar-refractivity contribution >= 4 is 29.3 Å². The highest BCUT2D eigenvalue weighted by molar-refractivity contribution is 6.12. The highest BCUT2D eigenvalue weighted by Gasteiger charge is 2.33. The maximum absolute atomic E-state index is 15.0. The number of hydrogen-bond donors (Lipinski definition) is 1. The predicted octanol–water partition coefficient (Wildman–Crippen LogP) is 7.21. The van der Waals surface area contributed by atoms with E-state index in [2.05, 4.69) is 38.9 Å². The number of allylic oxidation sites excluding steroid dienone is 1. The number of aliphatic imine (C=N–C) groups is 2. The summed E-state index contributed by atoms with van der Waals surface area (Å²) in [4.78, 5) is 18.1. The average Bonchev–Trinajstić information content (AvgIpc) is 3.27. The van der Waals surface area contributed by atoms with Crippen LogP contribution in [0.2, 0.25) is 0 Å². The molecule has 1 aromatic carbocycles. The van der Waals surface area contributed by atoms with Crippen LogP contribution in [0.5, 0.6) is 0 Å². The van der Waals surface area contributed by atoms with Crippen molar-refractivity contribution in [2.24, 2.45) is 15.9 Å². The average molecular weight is 590 g/mol. The van der Waals surface area contributed by atoms with Gasteiger partial charge in [-0.1, -0.05) is 13.0 Å². The molecule has 0 saturated carbocycles. The fourth-order valence-corrected chi connectivity index (χ4v) is 5.62. The highest BCUT2D eigenvalue weighted by Crippen LogP contribution is 2.33. The summed E-state index contributed by atoms with van der Waals surface area (Å²) in [6.07, 6.45) is -0.135. The standard InChI is InChI=1S/C30H36F5N7/c1-18(2)42-20(4)40-29-24(31)12-23(13-26(29)42)28(25(32)15-36-5)39-17-38-27-7-6-22(14-37-27)19(3)21-8-10-41(11-9-21)16-30(33,34)35/h6-7,12-15,18-19,21H,5,8-11,16-17H2,1-4H3,(H,37,38)/b25-15+,39-28?. The SMILES string of the molecule is C=N/C=C(/F)C(=NCNc1ccc(C(C)C2CCN(CC(F)(F)F)CC2)cn1)c1cc(F)c2nc(C)n(C(C)C)c2c1. The molecule has 0 spiro atoms. The van der Waals surface area contributed by atoms with E-state index in [1.165, 1.54) is 11.0 Å². The molecule has 1 fully saturated rings. The summed E-state index contributed by atoms with van der Waals surface area (Å²) in [5, 5.41) is 3.04. The molecule has 0 radical (unpaired) electrons. The van der Waals surface area contributed by atoms with Crippen molar-refractivity contribution in [3.8, 4) is 0 Å². The minimum Gasteiger partial charge on any atom is -0.351 e. The molecular formula is C30H36F5N7. The number of rotatable bonds is 10. The van der Waals surface area contributed by atoms with E-state index in [-0.39, 0.29) is 41.3 Å². The van der Waals surface area contributed by atoms with E-state index < -0.39 is 24.4 Å². The van der Waals surface area contributed by atoms with E-state index in [9.17, 15) is 13.2 Å². The lowest BCUT2D eigenvalue weighted by atomic mass is 9.82. The lowest BCUT2D eigenvalue weighted by Crippen LogP contribution is -2.40. The van der Waals surface area contributed by atoms with Gasteiger partial charge in [0.1, 0.15) is 29.5 Å². The molecule has 12 heteroatoms. The van der Waals surface area contributed by atoms with Gasteiger partial charge in [0.15, 0.2) is 11.6 Å². The molecule has 1 aliphatic rings. The van der Waals surface area contributed by atoms with Gasteiger partial charge in [0.25, 0.3) is 0 Å². The maximum Gasteiger partial charge on any atom is 0.401 e. The molecule has 1 N–H and O–H groups in total. The number of imidazole rings is 1. The van der Waals surface area contributed by atoms with E-state index in [1.54, 1.807) is 25.3 Å². The zero-order chi connectivity index (χ0) is 30.6. The zero-order valence-corrected chi connectivity index (χ0v) is 24.2. The Balaban J connectivity index is 1.46. The third kappa shape index (κ3) is 7.39. The van der Waals surface area contributed by atoms with Crippen LogP contribution < -0.4 is 5.32 Å². The smallest absolute Gasteiger partial charge is 0.351 e. The van der Waals surface area contributed by atoms with Crippen LogP contribution in [0.3, 0.4) is 0 Å². The largest absolute Gasteiger partial charge is 0.401 e. The summed E-state index contributed by atoms with van der Waals surface area (Å²) in [5.41, 5.74) is 1.88. The quantitative estimate of drug-likeness (QED) is 0.201. The second kappa shape index (κ2) is 13.1. The van der Waals surface area contributed by atoms with Gasteiger partial charge in [-0.25, -0.2) is 18.7 Å². The first-order valence-electron chi connectivity index (χ1n) is 13.9. The Bertz CT molecular complexity index is 1450. The van der Waals surface area contributed by atoms with Crippen LogP contribution >= 0.6 is 0 Å². The van der Waals surface area contributed by atoms with Crippen LogP contribution in [-0.2, 0) is 0 Å². The van der Waals surface area contributed by atoms with Crippen molar-refractivity contribution in [1.82, 2.24) is 19.4 Å². The molecule has 0 bridgehead atoms. The van der Waals surface area contributed by atoms with Gasteiger partial charge in [0, 0.05) is 17.8 Å². The van der Waals surface area contributed by atoms with E-state index >= 15 is 8.78 Å². The highest BCUT2D eigenvalue weighted by atomic mass is 19.4. The lowest BCUT2D eigenvalue weighted by Gasteiger charge is -2.35. The lowest BCUT2D eigenvalue weighted by molar-refractivity contribution is -0.148. The van der Waals surface area contributed by atoms with Crippen LogP contribution in [0.1, 0.15) is 62.5 Å². The Morgan fingerprint density at radius 2 is 1.90 bits per heavy atom. The van der Waals surface area contributed by atoms with Crippen LogP contribution in [0.25, 0.3) is 11.0 Å². The minimum atomic E-state index is -4.18. The number of aromatic nitrogens is 3. The van der Waals surface area contributed by atoms with Gasteiger partial charge >= 0.3 is 6.18 Å². The van der Waals surface area contributed by atoms with Gasteiger partial charge in [-0.3, -0.25) is 14.9 Å². The summed E-state index contributed by atoms with van der Waals surface area (Å²) < 4.78 is 70.1. The molecule has 1 atom stereocenters. The fourth-order valence-electron chi connectivity index (χ4n) is 5.62. The van der Waals surface area contributed by atoms with Gasteiger partial charge in [0.2, 0.25) is 0 Å². The molecule has 42 heavy (non-hydrogen) atoms. The Kier molecular flexibility index (Phi) is 9.75. The van der Waals surface area contributed by atoms with Crippen molar-refractivity contribution in [1.29, 1.82) is 0 Å². The number of piperidine rings is 1. The maximum atomic E-state index is 15.0. The van der Waals surface area contributed by atoms with Crippen molar-refractivity contribution in [2.75, 3.05) is 31.6 Å². The minimum absolute atomic E-state index is 0.0147. The normalized spacial score (nSPS) is 16.8. The molecule has 0 amide bonds. The fraction of sp³-hybridized carbons (Fsp3) is 0.467. The first kappa shape index (κ1) is 31.3. The number of halogens is 5. The number of pyridine rings is 1. The van der Waals surface area contributed by atoms with Gasteiger partial charge in [0.05, 0.1) is 18.3 Å². The van der Waals surface area contributed by atoms with Crippen molar-refractivity contribution in [3.05, 3.63) is 65.3 Å². The predicted molar refractivity (Wildman–Crippen MR) is 156 cm³/mol. The van der Waals surface area contributed by atoms with E-state index in [1.807, 2.05) is 24.5 Å².